The zero-order valence-electron chi connectivity index (χ0n) is 18.9. The summed E-state index contributed by atoms with van der Waals surface area (Å²) < 4.78 is 0. The van der Waals surface area contributed by atoms with E-state index >= 15 is 0 Å². The second-order valence-corrected chi connectivity index (χ2v) is 9.34. The second-order valence-electron chi connectivity index (χ2n) is 9.34. The van der Waals surface area contributed by atoms with E-state index in [2.05, 4.69) is 68.8 Å². The van der Waals surface area contributed by atoms with Crippen molar-refractivity contribution >= 4 is 16.8 Å². The van der Waals surface area contributed by atoms with Crippen molar-refractivity contribution in [2.24, 2.45) is 5.92 Å². The number of H-pyrrole nitrogens is 1. The van der Waals surface area contributed by atoms with Gasteiger partial charge in [-0.25, -0.2) is 0 Å². The molecule has 32 heavy (non-hydrogen) atoms. The maximum absolute atomic E-state index is 13.2. The summed E-state index contributed by atoms with van der Waals surface area (Å²) in [6.45, 7) is 7.18. The Morgan fingerprint density at radius 2 is 1.75 bits per heavy atom. The van der Waals surface area contributed by atoms with Crippen molar-refractivity contribution in [2.45, 2.75) is 25.7 Å². The Bertz CT molecular complexity index is 1030. The molecule has 0 spiro atoms. The molecule has 5 nitrogen and oxygen atoms in total. The summed E-state index contributed by atoms with van der Waals surface area (Å²) >= 11 is 0. The molecule has 2 saturated heterocycles. The van der Waals surface area contributed by atoms with E-state index < -0.39 is 0 Å². The summed E-state index contributed by atoms with van der Waals surface area (Å²) in [6.07, 6.45) is 6.43. The standard InChI is InChI=1S/C27H34N4O/c32-27(31-14-8-22(9-15-31)18-21-4-2-1-3-5-21)23-6-7-26-25(19-23)24(20-29-26)10-13-30-16-11-28-12-17-30/h1-7,19-20,22,28-29H,8-18H2. The molecule has 0 radical (unpaired) electrons. The third kappa shape index (κ3) is 4.89. The van der Waals surface area contributed by atoms with Gasteiger partial charge < -0.3 is 20.1 Å². The normalized spacial score (nSPS) is 18.3. The molecule has 0 atom stereocenters. The summed E-state index contributed by atoms with van der Waals surface area (Å²) in [5.41, 5.74) is 4.67. The monoisotopic (exact) mass is 430 g/mol. The van der Waals surface area contributed by atoms with Crippen LogP contribution >= 0.6 is 0 Å². The van der Waals surface area contributed by atoms with Crippen molar-refractivity contribution in [2.75, 3.05) is 45.8 Å². The molecular weight excluding hydrogens is 396 g/mol. The van der Waals surface area contributed by atoms with E-state index in [0.717, 1.165) is 82.6 Å². The Morgan fingerprint density at radius 3 is 2.53 bits per heavy atom. The molecule has 1 amide bonds. The number of fused-ring (bicyclic) bond motifs is 1. The number of aromatic amines is 1. The van der Waals surface area contributed by atoms with Gasteiger partial charge >= 0.3 is 0 Å². The molecule has 5 heteroatoms. The fourth-order valence-electron chi connectivity index (χ4n) is 5.20. The van der Waals surface area contributed by atoms with Crippen molar-refractivity contribution in [3.8, 4) is 0 Å². The minimum absolute atomic E-state index is 0.180. The molecular formula is C27H34N4O. The summed E-state index contributed by atoms with van der Waals surface area (Å²) in [4.78, 5) is 21.2. The SMILES string of the molecule is O=C(c1ccc2[nH]cc(CCN3CCNCC3)c2c1)N1CCC(Cc2ccccc2)CC1. The highest BCUT2D eigenvalue weighted by molar-refractivity contribution is 5.98. The first-order chi connectivity index (χ1) is 15.8. The molecule has 0 saturated carbocycles. The zero-order chi connectivity index (χ0) is 21.8. The number of likely N-dealkylation sites (tertiary alicyclic amines) is 1. The van der Waals surface area contributed by atoms with Crippen LogP contribution in [0.1, 0.15) is 34.3 Å². The van der Waals surface area contributed by atoms with Gasteiger partial charge in [-0.2, -0.15) is 0 Å². The lowest BCUT2D eigenvalue weighted by molar-refractivity contribution is 0.0690. The van der Waals surface area contributed by atoms with Gasteiger partial charge in [0, 0.05) is 68.5 Å². The van der Waals surface area contributed by atoms with Crippen molar-refractivity contribution in [1.82, 2.24) is 20.1 Å². The van der Waals surface area contributed by atoms with Crippen LogP contribution in [0.25, 0.3) is 10.9 Å². The largest absolute Gasteiger partial charge is 0.361 e. The van der Waals surface area contributed by atoms with Crippen LogP contribution in [0, 0.1) is 5.92 Å². The summed E-state index contributed by atoms with van der Waals surface area (Å²) in [7, 11) is 0. The molecule has 5 rings (SSSR count). The number of nitrogens with one attached hydrogen (secondary N) is 2. The molecule has 0 aliphatic carbocycles. The van der Waals surface area contributed by atoms with Crippen LogP contribution in [0.3, 0.4) is 0 Å². The third-order valence-electron chi connectivity index (χ3n) is 7.19. The van der Waals surface area contributed by atoms with Crippen LogP contribution in [-0.2, 0) is 12.8 Å². The average Bonchev–Trinajstić information content (AvgIpc) is 3.26. The Kier molecular flexibility index (Phi) is 6.56. The van der Waals surface area contributed by atoms with Crippen molar-refractivity contribution in [1.29, 1.82) is 0 Å². The molecule has 2 aliphatic rings. The molecule has 2 aliphatic heterocycles. The topological polar surface area (TPSA) is 51.4 Å². The van der Waals surface area contributed by atoms with Crippen LogP contribution in [0.15, 0.2) is 54.7 Å². The third-order valence-corrected chi connectivity index (χ3v) is 7.19. The van der Waals surface area contributed by atoms with Gasteiger partial charge in [-0.05, 0) is 60.9 Å². The van der Waals surface area contributed by atoms with Crippen LogP contribution in [0.2, 0.25) is 0 Å². The van der Waals surface area contributed by atoms with Crippen LogP contribution in [0.5, 0.6) is 0 Å². The molecule has 168 valence electrons. The molecule has 2 N–H and O–H groups in total. The predicted octanol–water partition coefficient (Wildman–Crippen LogP) is 3.71. The van der Waals surface area contributed by atoms with Crippen LogP contribution in [0.4, 0.5) is 0 Å². The van der Waals surface area contributed by atoms with Crippen LogP contribution in [-0.4, -0.2) is 66.5 Å². The molecule has 0 bridgehead atoms. The summed E-state index contributed by atoms with van der Waals surface area (Å²) in [5, 5.41) is 4.61. The van der Waals surface area contributed by atoms with Crippen molar-refractivity contribution in [3.63, 3.8) is 0 Å². The van der Waals surface area contributed by atoms with E-state index in [0.29, 0.717) is 5.92 Å². The fraction of sp³-hybridized carbons (Fsp3) is 0.444. The number of nitrogens with zero attached hydrogens (tertiary/aromatic N) is 2. The maximum Gasteiger partial charge on any atom is 0.253 e. The summed E-state index contributed by atoms with van der Waals surface area (Å²) in [6, 6.07) is 16.9. The van der Waals surface area contributed by atoms with Gasteiger partial charge in [0.1, 0.15) is 0 Å². The highest BCUT2D eigenvalue weighted by atomic mass is 16.2. The second kappa shape index (κ2) is 9.88. The Balaban J connectivity index is 1.21. The van der Waals surface area contributed by atoms with E-state index in [9.17, 15) is 4.79 Å². The highest BCUT2D eigenvalue weighted by Crippen LogP contribution is 2.25. The quantitative estimate of drug-likeness (QED) is 0.627. The smallest absolute Gasteiger partial charge is 0.253 e. The number of rotatable bonds is 6. The first-order valence-corrected chi connectivity index (χ1v) is 12.1. The number of hydrogen-bond donors (Lipinski definition) is 2. The van der Waals surface area contributed by atoms with Gasteiger partial charge in [0.15, 0.2) is 0 Å². The highest BCUT2D eigenvalue weighted by Gasteiger charge is 2.24. The number of carbonyl (C=O) groups excluding carboxylic acids is 1. The molecule has 0 unspecified atom stereocenters. The van der Waals surface area contributed by atoms with E-state index in [1.807, 2.05) is 6.07 Å². The lowest BCUT2D eigenvalue weighted by atomic mass is 9.90. The van der Waals surface area contributed by atoms with Crippen molar-refractivity contribution < 1.29 is 4.79 Å². The number of benzene rings is 2. The summed E-state index contributed by atoms with van der Waals surface area (Å²) in [5.74, 6) is 0.851. The number of amides is 1. The lowest BCUT2D eigenvalue weighted by Crippen LogP contribution is -2.44. The molecule has 1 aromatic heterocycles. The van der Waals surface area contributed by atoms with Crippen molar-refractivity contribution in [3.05, 3.63) is 71.4 Å². The number of aromatic nitrogens is 1. The Labute approximate surface area is 190 Å². The Morgan fingerprint density at radius 1 is 0.969 bits per heavy atom. The molecule has 3 heterocycles. The lowest BCUT2D eigenvalue weighted by Gasteiger charge is -2.32. The molecule has 3 aromatic rings. The first kappa shape index (κ1) is 21.2. The van der Waals surface area contributed by atoms with E-state index in [1.54, 1.807) is 0 Å². The van der Waals surface area contributed by atoms with E-state index in [4.69, 9.17) is 0 Å². The maximum atomic E-state index is 13.2. The number of carbonyl (C=O) groups is 1. The molecule has 2 fully saturated rings. The Hall–Kier alpha value is -2.63. The number of hydrogen-bond acceptors (Lipinski definition) is 3. The number of piperazine rings is 1. The van der Waals surface area contributed by atoms with Gasteiger partial charge in [0.2, 0.25) is 0 Å². The van der Waals surface area contributed by atoms with Gasteiger partial charge in [-0.1, -0.05) is 30.3 Å². The van der Waals surface area contributed by atoms with E-state index in [-0.39, 0.29) is 5.91 Å². The van der Waals surface area contributed by atoms with E-state index in [1.165, 1.54) is 16.5 Å². The van der Waals surface area contributed by atoms with Gasteiger partial charge in [0.25, 0.3) is 5.91 Å². The average molecular weight is 431 g/mol. The predicted molar refractivity (Wildman–Crippen MR) is 130 cm³/mol. The van der Waals surface area contributed by atoms with Gasteiger partial charge in [0.05, 0.1) is 0 Å². The fourth-order valence-corrected chi connectivity index (χ4v) is 5.20. The molecule has 2 aromatic carbocycles. The van der Waals surface area contributed by atoms with Crippen LogP contribution < -0.4 is 5.32 Å². The zero-order valence-corrected chi connectivity index (χ0v) is 18.9. The minimum Gasteiger partial charge on any atom is -0.361 e. The van der Waals surface area contributed by atoms with Gasteiger partial charge in [-0.3, -0.25) is 4.79 Å². The first-order valence-electron chi connectivity index (χ1n) is 12.1. The number of piperidine rings is 1. The minimum atomic E-state index is 0.180. The van der Waals surface area contributed by atoms with Gasteiger partial charge in [-0.15, -0.1) is 0 Å².